The summed E-state index contributed by atoms with van der Waals surface area (Å²) in [4.78, 5) is 11.6. The summed E-state index contributed by atoms with van der Waals surface area (Å²) in [5.74, 6) is 0. The first-order chi connectivity index (χ1) is 11.8. The molecule has 6 heteroatoms. The molecule has 2 aromatic carbocycles. The molecule has 0 saturated carbocycles. The van der Waals surface area contributed by atoms with Crippen LogP contribution in [0.5, 0.6) is 0 Å². The lowest BCUT2D eigenvalue weighted by atomic mass is 10.1. The minimum absolute atomic E-state index is 0.254. The van der Waals surface area contributed by atoms with E-state index in [-0.39, 0.29) is 4.90 Å². The molecule has 0 radical (unpaired) electrons. The van der Waals surface area contributed by atoms with E-state index in [1.807, 2.05) is 29.7 Å². The zero-order chi connectivity index (χ0) is 18.2. The highest BCUT2D eigenvalue weighted by Crippen LogP contribution is 2.30. The Morgan fingerprint density at radius 2 is 1.60 bits per heavy atom. The third-order valence-corrected chi connectivity index (χ3v) is 5.46. The number of carbonyl (C=O) groups is 1. The van der Waals surface area contributed by atoms with Crippen LogP contribution in [0.15, 0.2) is 59.5 Å². The number of hydrogen-bond donors (Lipinski definition) is 0. The SMILES string of the molecule is Cc1c(C=O)cc(-c2ccc(Cl)cc2)n1-c1ccc(S(C)(=O)=O)cc1. The molecule has 4 nitrogen and oxygen atoms in total. The number of hydrogen-bond acceptors (Lipinski definition) is 3. The summed E-state index contributed by atoms with van der Waals surface area (Å²) in [5.41, 5.74) is 3.89. The van der Waals surface area contributed by atoms with Gasteiger partial charge in [-0.2, -0.15) is 0 Å². The summed E-state index contributed by atoms with van der Waals surface area (Å²) in [6.07, 6.45) is 1.99. The maximum absolute atomic E-state index is 11.7. The van der Waals surface area contributed by atoms with Crippen molar-refractivity contribution in [2.24, 2.45) is 0 Å². The highest BCUT2D eigenvalue weighted by Gasteiger charge is 2.15. The van der Waals surface area contributed by atoms with Crippen molar-refractivity contribution < 1.29 is 13.2 Å². The topological polar surface area (TPSA) is 56.1 Å². The van der Waals surface area contributed by atoms with E-state index in [0.717, 1.165) is 28.9 Å². The number of rotatable bonds is 4. The van der Waals surface area contributed by atoms with E-state index in [4.69, 9.17) is 11.6 Å². The van der Waals surface area contributed by atoms with Crippen molar-refractivity contribution in [3.8, 4) is 16.9 Å². The van der Waals surface area contributed by atoms with Crippen molar-refractivity contribution >= 4 is 27.7 Å². The van der Waals surface area contributed by atoms with Gasteiger partial charge in [-0.15, -0.1) is 0 Å². The number of aldehydes is 1. The van der Waals surface area contributed by atoms with Crippen molar-refractivity contribution in [2.75, 3.05) is 6.26 Å². The molecule has 0 fully saturated rings. The van der Waals surface area contributed by atoms with Crippen molar-refractivity contribution in [1.82, 2.24) is 4.57 Å². The van der Waals surface area contributed by atoms with Crippen LogP contribution in [0.4, 0.5) is 0 Å². The van der Waals surface area contributed by atoms with Gasteiger partial charge in [-0.05, 0) is 55.0 Å². The second-order valence-corrected chi connectivity index (χ2v) is 8.25. The third-order valence-electron chi connectivity index (χ3n) is 4.08. The van der Waals surface area contributed by atoms with Crippen LogP contribution in [0.2, 0.25) is 5.02 Å². The Hall–Kier alpha value is -2.37. The van der Waals surface area contributed by atoms with Crippen molar-refractivity contribution in [2.45, 2.75) is 11.8 Å². The fourth-order valence-corrected chi connectivity index (χ4v) is 3.51. The van der Waals surface area contributed by atoms with Gasteiger partial charge in [0.05, 0.1) is 10.6 Å². The van der Waals surface area contributed by atoms with Gasteiger partial charge in [0, 0.05) is 28.2 Å². The Kier molecular flexibility index (Phi) is 4.54. The van der Waals surface area contributed by atoms with Gasteiger partial charge in [-0.1, -0.05) is 23.7 Å². The molecule has 3 aromatic rings. The summed E-state index contributed by atoms with van der Waals surface area (Å²) in [6.45, 7) is 1.85. The molecule has 1 aromatic heterocycles. The van der Waals surface area contributed by atoms with E-state index < -0.39 is 9.84 Å². The van der Waals surface area contributed by atoms with Gasteiger partial charge < -0.3 is 4.57 Å². The minimum Gasteiger partial charge on any atom is -0.313 e. The number of halogens is 1. The highest BCUT2D eigenvalue weighted by molar-refractivity contribution is 7.90. The van der Waals surface area contributed by atoms with Crippen LogP contribution in [0.1, 0.15) is 16.1 Å². The Morgan fingerprint density at radius 1 is 1.00 bits per heavy atom. The maximum Gasteiger partial charge on any atom is 0.175 e. The first kappa shape index (κ1) is 17.5. The number of aromatic nitrogens is 1. The number of nitrogens with zero attached hydrogens (tertiary/aromatic N) is 1. The average Bonchev–Trinajstić information content (AvgIpc) is 2.91. The summed E-state index contributed by atoms with van der Waals surface area (Å²) >= 11 is 5.96. The van der Waals surface area contributed by atoms with Crippen LogP contribution < -0.4 is 0 Å². The van der Waals surface area contributed by atoms with Gasteiger partial charge in [-0.25, -0.2) is 8.42 Å². The Bertz CT molecular complexity index is 1030. The zero-order valence-corrected chi connectivity index (χ0v) is 15.3. The maximum atomic E-state index is 11.7. The standard InChI is InChI=1S/C19H16ClNO3S/c1-13-15(12-22)11-19(14-3-5-16(20)6-4-14)21(13)17-7-9-18(10-8-17)25(2,23)24/h3-12H,1-2H3. The lowest BCUT2D eigenvalue weighted by Crippen LogP contribution is -2.02. The molecule has 0 atom stereocenters. The molecule has 25 heavy (non-hydrogen) atoms. The van der Waals surface area contributed by atoms with Gasteiger partial charge in [0.25, 0.3) is 0 Å². The predicted octanol–water partition coefficient (Wildman–Crippen LogP) is 4.32. The van der Waals surface area contributed by atoms with Gasteiger partial charge >= 0.3 is 0 Å². The summed E-state index contributed by atoms with van der Waals surface area (Å²) in [7, 11) is -3.26. The molecule has 0 bridgehead atoms. The number of sulfone groups is 1. The number of benzene rings is 2. The lowest BCUT2D eigenvalue weighted by Gasteiger charge is -2.13. The molecule has 0 saturated heterocycles. The second-order valence-electron chi connectivity index (χ2n) is 5.80. The zero-order valence-electron chi connectivity index (χ0n) is 13.7. The highest BCUT2D eigenvalue weighted by atomic mass is 35.5. The summed E-state index contributed by atoms with van der Waals surface area (Å²) < 4.78 is 25.2. The molecule has 0 aliphatic heterocycles. The first-order valence-electron chi connectivity index (χ1n) is 7.55. The quantitative estimate of drug-likeness (QED) is 0.640. The Balaban J connectivity index is 2.19. The van der Waals surface area contributed by atoms with Crippen molar-refractivity contribution in [3.05, 3.63) is 70.9 Å². The van der Waals surface area contributed by atoms with Gasteiger partial charge in [0.1, 0.15) is 0 Å². The fourth-order valence-electron chi connectivity index (χ4n) is 2.75. The van der Waals surface area contributed by atoms with E-state index in [1.165, 1.54) is 6.26 Å². The first-order valence-corrected chi connectivity index (χ1v) is 9.82. The van der Waals surface area contributed by atoms with Crippen LogP contribution in [-0.2, 0) is 9.84 Å². The molecular weight excluding hydrogens is 358 g/mol. The van der Waals surface area contributed by atoms with Gasteiger partial charge in [-0.3, -0.25) is 4.79 Å². The predicted molar refractivity (Wildman–Crippen MR) is 99.4 cm³/mol. The molecule has 3 rings (SSSR count). The van der Waals surface area contributed by atoms with E-state index >= 15 is 0 Å². The van der Waals surface area contributed by atoms with E-state index in [9.17, 15) is 13.2 Å². The molecule has 1 heterocycles. The van der Waals surface area contributed by atoms with E-state index in [1.54, 1.807) is 36.4 Å². The molecular formula is C19H16ClNO3S. The summed E-state index contributed by atoms with van der Waals surface area (Å²) in [5, 5.41) is 0.631. The van der Waals surface area contributed by atoms with E-state index in [2.05, 4.69) is 0 Å². The number of carbonyl (C=O) groups excluding carboxylic acids is 1. The van der Waals surface area contributed by atoms with Crippen LogP contribution in [0.25, 0.3) is 16.9 Å². The second kappa shape index (κ2) is 6.50. The van der Waals surface area contributed by atoms with Crippen LogP contribution >= 0.6 is 11.6 Å². The Labute approximate surface area is 151 Å². The Morgan fingerprint density at radius 3 is 2.12 bits per heavy atom. The van der Waals surface area contributed by atoms with Crippen molar-refractivity contribution in [3.63, 3.8) is 0 Å². The smallest absolute Gasteiger partial charge is 0.175 e. The van der Waals surface area contributed by atoms with Gasteiger partial charge in [0.15, 0.2) is 16.1 Å². The molecule has 0 spiro atoms. The molecule has 0 N–H and O–H groups in total. The molecule has 0 aliphatic rings. The molecule has 0 unspecified atom stereocenters. The van der Waals surface area contributed by atoms with Crippen LogP contribution in [0.3, 0.4) is 0 Å². The normalized spacial score (nSPS) is 11.5. The van der Waals surface area contributed by atoms with Crippen molar-refractivity contribution in [1.29, 1.82) is 0 Å². The molecule has 0 amide bonds. The minimum atomic E-state index is -3.26. The largest absolute Gasteiger partial charge is 0.313 e. The van der Waals surface area contributed by atoms with E-state index in [0.29, 0.717) is 10.6 Å². The molecule has 0 aliphatic carbocycles. The molecule has 128 valence electrons. The average molecular weight is 374 g/mol. The lowest BCUT2D eigenvalue weighted by molar-refractivity contribution is 0.112. The van der Waals surface area contributed by atoms with Crippen LogP contribution in [-0.4, -0.2) is 25.5 Å². The third kappa shape index (κ3) is 3.38. The van der Waals surface area contributed by atoms with Crippen LogP contribution in [0, 0.1) is 6.92 Å². The van der Waals surface area contributed by atoms with Gasteiger partial charge in [0.2, 0.25) is 0 Å². The fraction of sp³-hybridized carbons (Fsp3) is 0.105. The summed E-state index contributed by atoms with van der Waals surface area (Å²) in [6, 6.07) is 15.8. The monoisotopic (exact) mass is 373 g/mol.